The first-order valence-electron chi connectivity index (χ1n) is 3.65. The van der Waals surface area contributed by atoms with E-state index in [0.717, 1.165) is 6.54 Å². The second-order valence-electron chi connectivity index (χ2n) is 2.46. The molecule has 1 unspecified atom stereocenters. The number of hydrogen-bond acceptors (Lipinski definition) is 2. The van der Waals surface area contributed by atoms with Crippen LogP contribution in [0, 0.1) is 0 Å². The average Bonchev–Trinajstić information content (AvgIpc) is 2.33. The molecule has 1 fully saturated rings. The Labute approximate surface area is 56.8 Å². The van der Waals surface area contributed by atoms with Crippen LogP contribution < -0.4 is 0 Å². The second kappa shape index (κ2) is 3.18. The van der Waals surface area contributed by atoms with Crippen molar-refractivity contribution in [3.63, 3.8) is 0 Å². The lowest BCUT2D eigenvalue weighted by atomic mass is 10.4. The molecule has 2 nitrogen and oxygen atoms in total. The quantitative estimate of drug-likeness (QED) is 0.553. The van der Waals surface area contributed by atoms with E-state index in [-0.39, 0.29) is 0 Å². The first-order valence-corrected chi connectivity index (χ1v) is 3.65. The van der Waals surface area contributed by atoms with E-state index < -0.39 is 0 Å². The van der Waals surface area contributed by atoms with Gasteiger partial charge in [-0.2, -0.15) is 0 Å². The van der Waals surface area contributed by atoms with Crippen molar-refractivity contribution in [2.75, 3.05) is 20.2 Å². The molecular weight excluding hydrogens is 114 g/mol. The zero-order valence-electron chi connectivity index (χ0n) is 6.26. The largest absolute Gasteiger partial charge is 0.366 e. The van der Waals surface area contributed by atoms with E-state index in [1.807, 2.05) is 0 Å². The van der Waals surface area contributed by atoms with Gasteiger partial charge in [-0.15, -0.1) is 0 Å². The zero-order valence-corrected chi connectivity index (χ0v) is 6.26. The Morgan fingerprint density at radius 2 is 2.44 bits per heavy atom. The fraction of sp³-hybridized carbons (Fsp3) is 1.00. The lowest BCUT2D eigenvalue weighted by molar-refractivity contribution is -0.000704. The van der Waals surface area contributed by atoms with Gasteiger partial charge >= 0.3 is 0 Å². The third-order valence-corrected chi connectivity index (χ3v) is 1.98. The normalized spacial score (nSPS) is 29.3. The van der Waals surface area contributed by atoms with Gasteiger partial charge in [-0.3, -0.25) is 4.90 Å². The number of ether oxygens (including phenoxy) is 1. The summed E-state index contributed by atoms with van der Waals surface area (Å²) in [6.45, 7) is 4.52. The van der Waals surface area contributed by atoms with Crippen molar-refractivity contribution < 1.29 is 4.74 Å². The van der Waals surface area contributed by atoms with Crippen LogP contribution >= 0.6 is 0 Å². The number of nitrogens with zero attached hydrogens (tertiary/aromatic N) is 1. The van der Waals surface area contributed by atoms with Crippen LogP contribution in [-0.4, -0.2) is 31.3 Å². The third-order valence-electron chi connectivity index (χ3n) is 1.98. The Kier molecular flexibility index (Phi) is 2.49. The molecule has 0 aromatic heterocycles. The van der Waals surface area contributed by atoms with E-state index in [1.54, 1.807) is 7.11 Å². The van der Waals surface area contributed by atoms with Gasteiger partial charge in [0.2, 0.25) is 0 Å². The maximum atomic E-state index is 5.24. The van der Waals surface area contributed by atoms with Crippen molar-refractivity contribution in [2.24, 2.45) is 0 Å². The van der Waals surface area contributed by atoms with Crippen LogP contribution in [0.4, 0.5) is 0 Å². The summed E-state index contributed by atoms with van der Waals surface area (Å²) in [7, 11) is 1.79. The lowest BCUT2D eigenvalue weighted by Gasteiger charge is -2.20. The van der Waals surface area contributed by atoms with Crippen molar-refractivity contribution in [3.8, 4) is 0 Å². The molecule has 0 spiro atoms. The van der Waals surface area contributed by atoms with Crippen LogP contribution in [0.5, 0.6) is 0 Å². The molecular formula is C7H15NO. The summed E-state index contributed by atoms with van der Waals surface area (Å²) < 4.78 is 5.24. The minimum Gasteiger partial charge on any atom is -0.366 e. The van der Waals surface area contributed by atoms with Gasteiger partial charge in [0.1, 0.15) is 6.23 Å². The molecule has 0 aliphatic carbocycles. The maximum Gasteiger partial charge on any atom is 0.110 e. The molecule has 0 aromatic rings. The van der Waals surface area contributed by atoms with E-state index in [9.17, 15) is 0 Å². The molecule has 0 aromatic carbocycles. The van der Waals surface area contributed by atoms with Crippen LogP contribution in [0.15, 0.2) is 0 Å². The maximum absolute atomic E-state index is 5.24. The van der Waals surface area contributed by atoms with Crippen LogP contribution in [0.1, 0.15) is 19.8 Å². The summed E-state index contributed by atoms with van der Waals surface area (Å²) in [4.78, 5) is 2.36. The van der Waals surface area contributed by atoms with E-state index in [2.05, 4.69) is 11.8 Å². The van der Waals surface area contributed by atoms with Gasteiger partial charge in [-0.05, 0) is 19.4 Å². The molecule has 1 aliphatic rings. The number of methoxy groups -OCH3 is 1. The molecule has 0 N–H and O–H groups in total. The molecule has 0 saturated carbocycles. The minimum absolute atomic E-state index is 0.412. The third kappa shape index (κ3) is 1.43. The molecule has 9 heavy (non-hydrogen) atoms. The van der Waals surface area contributed by atoms with E-state index in [4.69, 9.17) is 4.74 Å². The molecule has 0 radical (unpaired) electrons. The van der Waals surface area contributed by atoms with Crippen LogP contribution in [0.25, 0.3) is 0 Å². The van der Waals surface area contributed by atoms with Gasteiger partial charge in [-0.25, -0.2) is 0 Å². The highest BCUT2D eigenvalue weighted by molar-refractivity contribution is 4.69. The number of hydrogen-bond donors (Lipinski definition) is 0. The van der Waals surface area contributed by atoms with Crippen LogP contribution in [0.2, 0.25) is 0 Å². The summed E-state index contributed by atoms with van der Waals surface area (Å²) in [5.41, 5.74) is 0. The van der Waals surface area contributed by atoms with Crippen molar-refractivity contribution >= 4 is 0 Å². The first kappa shape index (κ1) is 7.03. The molecule has 1 atom stereocenters. The Morgan fingerprint density at radius 1 is 1.67 bits per heavy atom. The van der Waals surface area contributed by atoms with Crippen molar-refractivity contribution in [2.45, 2.75) is 26.0 Å². The first-order chi connectivity index (χ1) is 4.38. The van der Waals surface area contributed by atoms with Gasteiger partial charge in [0.05, 0.1) is 0 Å². The molecule has 2 heteroatoms. The smallest absolute Gasteiger partial charge is 0.110 e. The number of rotatable bonds is 2. The molecule has 0 amide bonds. The van der Waals surface area contributed by atoms with Gasteiger partial charge in [0.15, 0.2) is 0 Å². The Bertz CT molecular complexity index is 75.0. The average molecular weight is 129 g/mol. The van der Waals surface area contributed by atoms with Gasteiger partial charge < -0.3 is 4.74 Å². The second-order valence-corrected chi connectivity index (χ2v) is 2.46. The molecule has 1 saturated heterocycles. The van der Waals surface area contributed by atoms with Crippen molar-refractivity contribution in [1.29, 1.82) is 0 Å². The SMILES string of the molecule is CCN1CCCC1OC. The summed E-state index contributed by atoms with van der Waals surface area (Å²) >= 11 is 0. The highest BCUT2D eigenvalue weighted by atomic mass is 16.5. The summed E-state index contributed by atoms with van der Waals surface area (Å²) in [6.07, 6.45) is 2.92. The van der Waals surface area contributed by atoms with Crippen molar-refractivity contribution in [3.05, 3.63) is 0 Å². The molecule has 1 aliphatic heterocycles. The summed E-state index contributed by atoms with van der Waals surface area (Å²) in [5, 5.41) is 0. The Hall–Kier alpha value is -0.0800. The topological polar surface area (TPSA) is 12.5 Å². The fourth-order valence-electron chi connectivity index (χ4n) is 1.42. The van der Waals surface area contributed by atoms with Crippen LogP contribution in [0.3, 0.4) is 0 Å². The van der Waals surface area contributed by atoms with Gasteiger partial charge in [0, 0.05) is 13.7 Å². The molecule has 1 heterocycles. The van der Waals surface area contributed by atoms with Gasteiger partial charge in [0.25, 0.3) is 0 Å². The van der Waals surface area contributed by atoms with Crippen LogP contribution in [-0.2, 0) is 4.74 Å². The van der Waals surface area contributed by atoms with Gasteiger partial charge in [-0.1, -0.05) is 6.92 Å². The summed E-state index contributed by atoms with van der Waals surface area (Å²) in [6, 6.07) is 0. The van der Waals surface area contributed by atoms with E-state index in [0.29, 0.717) is 6.23 Å². The Balaban J connectivity index is 2.32. The zero-order chi connectivity index (χ0) is 6.69. The molecule has 54 valence electrons. The lowest BCUT2D eigenvalue weighted by Crippen LogP contribution is -2.30. The molecule has 1 rings (SSSR count). The number of likely N-dealkylation sites (tertiary alicyclic amines) is 1. The Morgan fingerprint density at radius 3 is 2.89 bits per heavy atom. The standard InChI is InChI=1S/C7H15NO/c1-3-8-6-4-5-7(8)9-2/h7H,3-6H2,1-2H3. The predicted octanol–water partition coefficient (Wildman–Crippen LogP) is 1.07. The molecule has 0 bridgehead atoms. The monoisotopic (exact) mass is 129 g/mol. The highest BCUT2D eigenvalue weighted by Crippen LogP contribution is 2.15. The minimum atomic E-state index is 0.412. The fourth-order valence-corrected chi connectivity index (χ4v) is 1.42. The van der Waals surface area contributed by atoms with E-state index in [1.165, 1.54) is 19.4 Å². The summed E-state index contributed by atoms with van der Waals surface area (Å²) in [5.74, 6) is 0. The van der Waals surface area contributed by atoms with E-state index >= 15 is 0 Å². The predicted molar refractivity (Wildman–Crippen MR) is 37.3 cm³/mol. The highest BCUT2D eigenvalue weighted by Gasteiger charge is 2.21. The van der Waals surface area contributed by atoms with Crippen molar-refractivity contribution in [1.82, 2.24) is 4.90 Å².